The summed E-state index contributed by atoms with van der Waals surface area (Å²) in [5.41, 5.74) is 3.34. The molecule has 0 spiro atoms. The zero-order valence-electron chi connectivity index (χ0n) is 15.0. The van der Waals surface area contributed by atoms with Crippen molar-refractivity contribution in [2.24, 2.45) is 5.10 Å². The van der Waals surface area contributed by atoms with Gasteiger partial charge in [0.2, 0.25) is 12.3 Å². The predicted octanol–water partition coefficient (Wildman–Crippen LogP) is -1.47. The molecule has 0 atom stereocenters. The molecule has 0 aliphatic rings. The summed E-state index contributed by atoms with van der Waals surface area (Å²) in [6.45, 7) is 3.55. The molecule has 1 amide bonds. The molecule has 0 radical (unpaired) electrons. The number of hydrogen-bond donors (Lipinski definition) is 1. The third-order valence-electron chi connectivity index (χ3n) is 3.47. The van der Waals surface area contributed by atoms with Crippen molar-refractivity contribution in [3.8, 4) is 0 Å². The predicted molar refractivity (Wildman–Crippen MR) is 94.6 cm³/mol. The van der Waals surface area contributed by atoms with Crippen LogP contribution >= 0.6 is 0 Å². The fourth-order valence-electron chi connectivity index (χ4n) is 2.08. The van der Waals surface area contributed by atoms with Gasteiger partial charge < -0.3 is 21.7 Å². The number of carbonyl (C=O) groups is 3. The van der Waals surface area contributed by atoms with Crippen molar-refractivity contribution in [3.63, 3.8) is 0 Å². The fraction of sp³-hybridized carbons (Fsp3) is 0.211. The van der Waals surface area contributed by atoms with Gasteiger partial charge in [-0.1, -0.05) is 30.3 Å². The number of carbonyl (C=O) groups excluding carboxylic acids is 3. The number of aromatic nitrogens is 1. The normalized spacial score (nSPS) is 10.5. The van der Waals surface area contributed by atoms with Gasteiger partial charge in [0.05, 0.1) is 12.2 Å². The topological polar surface area (TPSA) is 88.7 Å². The Labute approximate surface area is 167 Å². The van der Waals surface area contributed by atoms with E-state index in [1.54, 1.807) is 48.1 Å². The SMILES string of the molecule is CCOC(=O)/C(C)=N/NC(=O)c1cc[n+](CC(=O)c2ccccc2)cc1.[Br-]. The lowest BCUT2D eigenvalue weighted by atomic mass is 10.1. The number of benzene rings is 1. The van der Waals surface area contributed by atoms with Gasteiger partial charge in [-0.25, -0.2) is 10.2 Å². The second-order valence-corrected chi connectivity index (χ2v) is 5.41. The number of halogens is 1. The maximum absolute atomic E-state index is 12.2. The molecule has 1 N–H and O–H groups in total. The Hall–Kier alpha value is -2.87. The molecule has 0 fully saturated rings. The second-order valence-electron chi connectivity index (χ2n) is 5.41. The first-order chi connectivity index (χ1) is 12.5. The molecule has 0 saturated heterocycles. The first kappa shape index (κ1) is 22.2. The van der Waals surface area contributed by atoms with Crippen molar-refractivity contribution in [1.29, 1.82) is 0 Å². The number of esters is 1. The molecule has 27 heavy (non-hydrogen) atoms. The van der Waals surface area contributed by atoms with E-state index in [1.165, 1.54) is 6.92 Å². The van der Waals surface area contributed by atoms with Crippen LogP contribution in [0.2, 0.25) is 0 Å². The maximum Gasteiger partial charge on any atom is 0.354 e. The highest BCUT2D eigenvalue weighted by atomic mass is 79.9. The number of nitrogens with one attached hydrogen (secondary N) is 1. The van der Waals surface area contributed by atoms with Crippen LogP contribution in [0.15, 0.2) is 60.0 Å². The number of rotatable bonds is 7. The Bertz CT molecular complexity index is 821. The first-order valence-corrected chi connectivity index (χ1v) is 8.10. The largest absolute Gasteiger partial charge is 1.00 e. The van der Waals surface area contributed by atoms with Crippen LogP contribution in [0.25, 0.3) is 0 Å². The molecule has 142 valence electrons. The van der Waals surface area contributed by atoms with Crippen LogP contribution in [0.5, 0.6) is 0 Å². The fourth-order valence-corrected chi connectivity index (χ4v) is 2.08. The molecule has 0 aliphatic heterocycles. The van der Waals surface area contributed by atoms with Crippen molar-refractivity contribution in [1.82, 2.24) is 5.43 Å². The average molecular weight is 434 g/mol. The van der Waals surface area contributed by atoms with Crippen molar-refractivity contribution < 1.29 is 40.7 Å². The van der Waals surface area contributed by atoms with Crippen LogP contribution in [0.3, 0.4) is 0 Å². The zero-order chi connectivity index (χ0) is 18.9. The van der Waals surface area contributed by atoms with E-state index in [9.17, 15) is 14.4 Å². The van der Waals surface area contributed by atoms with Gasteiger partial charge in [0.25, 0.3) is 5.91 Å². The summed E-state index contributed by atoms with van der Waals surface area (Å²) in [5.74, 6) is -1.07. The summed E-state index contributed by atoms with van der Waals surface area (Å²) in [7, 11) is 0. The summed E-state index contributed by atoms with van der Waals surface area (Å²) in [4.78, 5) is 35.6. The number of hydrogen-bond acceptors (Lipinski definition) is 5. The van der Waals surface area contributed by atoms with E-state index in [0.29, 0.717) is 11.1 Å². The van der Waals surface area contributed by atoms with Crippen molar-refractivity contribution in [2.45, 2.75) is 20.4 Å². The quantitative estimate of drug-likeness (QED) is 0.190. The van der Waals surface area contributed by atoms with Gasteiger partial charge in [-0.15, -0.1) is 0 Å². The Kier molecular flexibility index (Phi) is 9.01. The van der Waals surface area contributed by atoms with Gasteiger partial charge in [-0.2, -0.15) is 9.67 Å². The van der Waals surface area contributed by atoms with Crippen LogP contribution in [0.1, 0.15) is 34.6 Å². The highest BCUT2D eigenvalue weighted by Crippen LogP contribution is 2.00. The Morgan fingerprint density at radius 2 is 1.67 bits per heavy atom. The summed E-state index contributed by atoms with van der Waals surface area (Å²) < 4.78 is 6.45. The highest BCUT2D eigenvalue weighted by Gasteiger charge is 2.13. The molecular weight excluding hydrogens is 414 g/mol. The van der Waals surface area contributed by atoms with Crippen LogP contribution in [-0.4, -0.2) is 30.0 Å². The Morgan fingerprint density at radius 3 is 2.26 bits per heavy atom. The van der Waals surface area contributed by atoms with E-state index in [1.807, 2.05) is 18.2 Å². The molecule has 0 bridgehead atoms. The zero-order valence-corrected chi connectivity index (χ0v) is 16.6. The Morgan fingerprint density at radius 1 is 1.04 bits per heavy atom. The number of nitrogens with zero attached hydrogens (tertiary/aromatic N) is 2. The lowest BCUT2D eigenvalue weighted by Crippen LogP contribution is -3.00. The standard InChI is InChI=1S/C19H19N3O4.BrH/c1-3-26-19(25)14(2)20-21-18(24)16-9-11-22(12-10-16)13-17(23)15-7-5-4-6-8-15;/h4-12H,3,13H2,1-2H3;1H. The molecule has 8 heteroatoms. The summed E-state index contributed by atoms with van der Waals surface area (Å²) in [6.07, 6.45) is 3.27. The molecule has 0 saturated carbocycles. The van der Waals surface area contributed by atoms with Crippen LogP contribution < -0.4 is 27.0 Å². The third-order valence-corrected chi connectivity index (χ3v) is 3.47. The summed E-state index contributed by atoms with van der Waals surface area (Å²) in [6, 6.07) is 12.1. The van der Waals surface area contributed by atoms with Crippen LogP contribution in [0, 0.1) is 0 Å². The van der Waals surface area contributed by atoms with Gasteiger partial charge in [-0.3, -0.25) is 9.59 Å². The Balaban J connectivity index is 0.00000364. The minimum atomic E-state index is -0.585. The van der Waals surface area contributed by atoms with Gasteiger partial charge in [-0.05, 0) is 13.8 Å². The van der Waals surface area contributed by atoms with Crippen LogP contribution in [0.4, 0.5) is 0 Å². The number of ether oxygens (including phenoxy) is 1. The maximum atomic E-state index is 12.2. The lowest BCUT2D eigenvalue weighted by Gasteiger charge is -2.03. The van der Waals surface area contributed by atoms with E-state index in [0.717, 1.165) is 0 Å². The van der Waals surface area contributed by atoms with Crippen molar-refractivity contribution in [2.75, 3.05) is 6.61 Å². The first-order valence-electron chi connectivity index (χ1n) is 8.10. The number of Topliss-reactive ketones (excluding diaryl/α,β-unsaturated/α-hetero) is 1. The lowest BCUT2D eigenvalue weighted by molar-refractivity contribution is -0.683. The number of amides is 1. The molecule has 1 aromatic carbocycles. The van der Waals surface area contributed by atoms with Crippen molar-refractivity contribution >= 4 is 23.4 Å². The van der Waals surface area contributed by atoms with E-state index >= 15 is 0 Å². The number of hydrazone groups is 1. The van der Waals surface area contributed by atoms with Crippen molar-refractivity contribution in [3.05, 3.63) is 66.0 Å². The molecule has 2 aromatic rings. The minimum absolute atomic E-state index is 0. The van der Waals surface area contributed by atoms with Gasteiger partial charge in [0.1, 0.15) is 5.71 Å². The second kappa shape index (κ2) is 11.0. The summed E-state index contributed by atoms with van der Waals surface area (Å²) in [5, 5.41) is 3.71. The minimum Gasteiger partial charge on any atom is -1.00 e. The molecule has 1 heterocycles. The van der Waals surface area contributed by atoms with Gasteiger partial charge >= 0.3 is 5.97 Å². The molecule has 7 nitrogen and oxygen atoms in total. The average Bonchev–Trinajstić information content (AvgIpc) is 2.67. The van der Waals surface area contributed by atoms with Gasteiger partial charge in [0.15, 0.2) is 12.4 Å². The van der Waals surface area contributed by atoms with E-state index in [4.69, 9.17) is 4.74 Å². The van der Waals surface area contributed by atoms with E-state index < -0.39 is 11.9 Å². The third kappa shape index (κ3) is 6.74. The number of ketones is 1. The monoisotopic (exact) mass is 433 g/mol. The highest BCUT2D eigenvalue weighted by molar-refractivity contribution is 6.35. The molecule has 0 unspecified atom stereocenters. The molecule has 0 aliphatic carbocycles. The van der Waals surface area contributed by atoms with E-state index in [2.05, 4.69) is 10.5 Å². The molecule has 1 aromatic heterocycles. The van der Waals surface area contributed by atoms with Crippen LogP contribution in [-0.2, 0) is 16.1 Å². The molecule has 2 rings (SSSR count). The smallest absolute Gasteiger partial charge is 0.354 e. The number of pyridine rings is 1. The summed E-state index contributed by atoms with van der Waals surface area (Å²) >= 11 is 0. The molecular formula is C19H20BrN3O4. The van der Waals surface area contributed by atoms with E-state index in [-0.39, 0.29) is 41.6 Å². The van der Waals surface area contributed by atoms with Gasteiger partial charge in [0, 0.05) is 17.7 Å².